The van der Waals surface area contributed by atoms with Gasteiger partial charge in [-0.15, -0.1) is 0 Å². The molecule has 0 bridgehead atoms. The fourth-order valence-corrected chi connectivity index (χ4v) is 2.43. The van der Waals surface area contributed by atoms with E-state index < -0.39 is 18.2 Å². The van der Waals surface area contributed by atoms with Crippen molar-refractivity contribution >= 4 is 17.0 Å². The number of fused-ring (bicyclic) bond motifs is 1. The van der Waals surface area contributed by atoms with Gasteiger partial charge < -0.3 is 26.2 Å². The number of nitrogens with zero attached hydrogens (tertiary/aromatic N) is 4. The molecule has 2 aromatic heterocycles. The number of hydrogen-bond donors (Lipinski definition) is 4. The highest BCUT2D eigenvalue weighted by Gasteiger charge is 2.41. The quantitative estimate of drug-likeness (QED) is 0.478. The molecule has 1 aliphatic rings. The van der Waals surface area contributed by atoms with E-state index >= 15 is 0 Å². The summed E-state index contributed by atoms with van der Waals surface area (Å²) in [6.07, 6.45) is 1.46. The molecule has 1 fully saturated rings. The summed E-state index contributed by atoms with van der Waals surface area (Å²) in [7, 11) is 0. The van der Waals surface area contributed by atoms with Crippen LogP contribution in [0, 0.1) is 0 Å². The number of hydrogen-bond acceptors (Lipinski definition) is 7. The number of imidazole rings is 1. The highest BCUT2D eigenvalue weighted by molar-refractivity contribution is 5.81. The fourth-order valence-electron chi connectivity index (χ4n) is 2.43. The summed E-state index contributed by atoms with van der Waals surface area (Å²) in [6, 6.07) is -0.809. The van der Waals surface area contributed by atoms with Crippen LogP contribution in [-0.4, -0.2) is 48.0 Å². The zero-order valence-corrected chi connectivity index (χ0v) is 9.51. The number of nitrogen functional groups attached to an aromatic ring is 1. The minimum absolute atomic E-state index is 0.288. The Kier molecular flexibility index (Phi) is 2.44. The summed E-state index contributed by atoms with van der Waals surface area (Å²) < 4.78 is 1.69. The van der Waals surface area contributed by atoms with Gasteiger partial charge in [0.25, 0.3) is 0 Å². The molecule has 18 heavy (non-hydrogen) atoms. The van der Waals surface area contributed by atoms with Crippen LogP contribution < -0.4 is 11.5 Å². The minimum Gasteiger partial charge on any atom is -0.389 e. The van der Waals surface area contributed by atoms with E-state index in [1.165, 1.54) is 12.7 Å². The van der Waals surface area contributed by atoms with E-state index in [2.05, 4.69) is 15.0 Å². The van der Waals surface area contributed by atoms with Crippen LogP contribution in [0.5, 0.6) is 0 Å². The van der Waals surface area contributed by atoms with E-state index in [1.807, 2.05) is 0 Å². The van der Waals surface area contributed by atoms with E-state index in [4.69, 9.17) is 11.5 Å². The third-order valence-corrected chi connectivity index (χ3v) is 3.44. The summed E-state index contributed by atoms with van der Waals surface area (Å²) >= 11 is 0. The molecule has 0 amide bonds. The van der Waals surface area contributed by atoms with Crippen molar-refractivity contribution in [2.24, 2.45) is 5.73 Å². The molecular weight excluding hydrogens is 236 g/mol. The lowest BCUT2D eigenvalue weighted by molar-refractivity contribution is 0.0187. The molecule has 0 spiro atoms. The summed E-state index contributed by atoms with van der Waals surface area (Å²) in [4.78, 5) is 12.1. The SMILES string of the molecule is Nc1ncnc2c1ncn2[C@H]1C[C@H](N)[C@@H](O)[C@H]1O. The molecule has 96 valence electrons. The van der Waals surface area contributed by atoms with Crippen molar-refractivity contribution in [2.45, 2.75) is 30.7 Å². The van der Waals surface area contributed by atoms with E-state index in [9.17, 15) is 10.2 Å². The number of aliphatic hydroxyl groups excluding tert-OH is 2. The van der Waals surface area contributed by atoms with Crippen LogP contribution in [0.4, 0.5) is 5.82 Å². The van der Waals surface area contributed by atoms with Crippen LogP contribution in [0.3, 0.4) is 0 Å². The average molecular weight is 250 g/mol. The Bertz CT molecular complexity index is 585. The molecule has 0 aromatic carbocycles. The van der Waals surface area contributed by atoms with Crippen molar-refractivity contribution in [3.8, 4) is 0 Å². The Hall–Kier alpha value is -1.77. The molecule has 3 rings (SSSR count). The van der Waals surface area contributed by atoms with Crippen LogP contribution in [0.25, 0.3) is 11.2 Å². The van der Waals surface area contributed by atoms with E-state index in [0.29, 0.717) is 17.6 Å². The maximum absolute atomic E-state index is 9.98. The molecule has 0 radical (unpaired) electrons. The molecule has 8 nitrogen and oxygen atoms in total. The first-order valence-electron chi connectivity index (χ1n) is 5.64. The lowest BCUT2D eigenvalue weighted by atomic mass is 10.2. The predicted molar refractivity (Wildman–Crippen MR) is 63.4 cm³/mol. The minimum atomic E-state index is -0.938. The third-order valence-electron chi connectivity index (χ3n) is 3.44. The van der Waals surface area contributed by atoms with Gasteiger partial charge in [-0.05, 0) is 6.42 Å². The molecule has 0 aliphatic heterocycles. The van der Waals surface area contributed by atoms with Crippen molar-refractivity contribution in [1.82, 2.24) is 19.5 Å². The largest absolute Gasteiger partial charge is 0.389 e. The highest BCUT2D eigenvalue weighted by Crippen LogP contribution is 2.32. The molecule has 8 heteroatoms. The number of aliphatic hydroxyl groups is 2. The van der Waals surface area contributed by atoms with Crippen molar-refractivity contribution < 1.29 is 10.2 Å². The Balaban J connectivity index is 2.08. The van der Waals surface area contributed by atoms with E-state index in [-0.39, 0.29) is 11.9 Å². The summed E-state index contributed by atoms with van der Waals surface area (Å²) in [6.45, 7) is 0. The second-order valence-corrected chi connectivity index (χ2v) is 4.53. The number of nitrogens with two attached hydrogens (primary N) is 2. The molecule has 0 saturated heterocycles. The van der Waals surface area contributed by atoms with Crippen molar-refractivity contribution in [1.29, 1.82) is 0 Å². The van der Waals surface area contributed by atoms with E-state index in [0.717, 1.165) is 0 Å². The van der Waals surface area contributed by atoms with Gasteiger partial charge in [0.2, 0.25) is 0 Å². The smallest absolute Gasteiger partial charge is 0.165 e. The number of anilines is 1. The lowest BCUT2D eigenvalue weighted by Gasteiger charge is -2.17. The molecule has 2 heterocycles. The molecule has 6 N–H and O–H groups in total. The van der Waals surface area contributed by atoms with Crippen LogP contribution in [-0.2, 0) is 0 Å². The van der Waals surface area contributed by atoms with Gasteiger partial charge in [-0.1, -0.05) is 0 Å². The number of aromatic nitrogens is 4. The molecule has 0 unspecified atom stereocenters. The number of rotatable bonds is 1. The average Bonchev–Trinajstić information content (AvgIpc) is 2.88. The summed E-state index contributed by atoms with van der Waals surface area (Å²) in [5, 5.41) is 19.7. The summed E-state index contributed by atoms with van der Waals surface area (Å²) in [5.74, 6) is 0.288. The Morgan fingerprint density at radius 1 is 1.22 bits per heavy atom. The zero-order valence-electron chi connectivity index (χ0n) is 9.51. The maximum Gasteiger partial charge on any atom is 0.165 e. The fraction of sp³-hybridized carbons (Fsp3) is 0.500. The molecule has 2 aromatic rings. The van der Waals surface area contributed by atoms with Gasteiger partial charge in [-0.2, -0.15) is 0 Å². The Morgan fingerprint density at radius 3 is 2.67 bits per heavy atom. The summed E-state index contributed by atoms with van der Waals surface area (Å²) in [5.41, 5.74) is 12.5. The van der Waals surface area contributed by atoms with Gasteiger partial charge in [-0.25, -0.2) is 15.0 Å². The zero-order chi connectivity index (χ0) is 12.9. The second-order valence-electron chi connectivity index (χ2n) is 4.53. The first kappa shape index (κ1) is 11.3. The van der Waals surface area contributed by atoms with Gasteiger partial charge in [0.05, 0.1) is 18.5 Å². The van der Waals surface area contributed by atoms with Crippen molar-refractivity contribution in [3.05, 3.63) is 12.7 Å². The van der Waals surface area contributed by atoms with Crippen LogP contribution in [0.1, 0.15) is 12.5 Å². The monoisotopic (exact) mass is 250 g/mol. The van der Waals surface area contributed by atoms with Gasteiger partial charge in [-0.3, -0.25) is 0 Å². The van der Waals surface area contributed by atoms with Crippen molar-refractivity contribution in [2.75, 3.05) is 5.73 Å². The van der Waals surface area contributed by atoms with Gasteiger partial charge in [0, 0.05) is 6.04 Å². The molecule has 1 saturated carbocycles. The molecule has 4 atom stereocenters. The van der Waals surface area contributed by atoms with Crippen LogP contribution in [0.2, 0.25) is 0 Å². The first-order valence-corrected chi connectivity index (χ1v) is 5.64. The first-order chi connectivity index (χ1) is 8.59. The van der Waals surface area contributed by atoms with Gasteiger partial charge >= 0.3 is 0 Å². The van der Waals surface area contributed by atoms with Crippen LogP contribution >= 0.6 is 0 Å². The lowest BCUT2D eigenvalue weighted by Crippen LogP contribution is -2.35. The van der Waals surface area contributed by atoms with Gasteiger partial charge in [0.15, 0.2) is 11.5 Å². The van der Waals surface area contributed by atoms with Crippen molar-refractivity contribution in [3.63, 3.8) is 0 Å². The molecule has 1 aliphatic carbocycles. The van der Waals surface area contributed by atoms with Gasteiger partial charge in [0.1, 0.15) is 17.9 Å². The standard InChI is InChI=1S/C10H14N6O2/c11-4-1-5(8(18)7(4)17)16-3-15-6-9(12)13-2-14-10(6)16/h2-5,7-8,17-18H,1,11H2,(H2,12,13,14)/t4-,5-,7+,8-/m0/s1. The second kappa shape index (κ2) is 3.87. The maximum atomic E-state index is 9.98. The third kappa shape index (κ3) is 1.47. The molecular formula is C10H14N6O2. The Morgan fingerprint density at radius 2 is 2.00 bits per heavy atom. The predicted octanol–water partition coefficient (Wildman–Crippen LogP) is -1.60. The highest BCUT2D eigenvalue weighted by atomic mass is 16.3. The Labute approximate surface area is 102 Å². The topological polar surface area (TPSA) is 136 Å². The van der Waals surface area contributed by atoms with E-state index in [1.54, 1.807) is 4.57 Å². The normalized spacial score (nSPS) is 32.2. The van der Waals surface area contributed by atoms with Crippen LogP contribution in [0.15, 0.2) is 12.7 Å².